The van der Waals surface area contributed by atoms with Gasteiger partial charge in [-0.15, -0.1) is 11.3 Å². The second-order valence-corrected chi connectivity index (χ2v) is 7.01. The fourth-order valence-corrected chi connectivity index (χ4v) is 4.00. The van der Waals surface area contributed by atoms with Crippen LogP contribution in [0.25, 0.3) is 21.6 Å². The molecule has 0 aliphatic heterocycles. The molecule has 2 aromatic carbocycles. The van der Waals surface area contributed by atoms with Gasteiger partial charge in [-0.2, -0.15) is 0 Å². The molecule has 0 aliphatic carbocycles. The fraction of sp³-hybridized carbons (Fsp3) is 0.190. The van der Waals surface area contributed by atoms with Crippen LogP contribution in [-0.4, -0.2) is 44.6 Å². The lowest BCUT2D eigenvalue weighted by Crippen LogP contribution is -1.95. The molecular formula is C21H20O7S. The van der Waals surface area contributed by atoms with Crippen LogP contribution in [0.3, 0.4) is 0 Å². The Morgan fingerprint density at radius 3 is 1.93 bits per heavy atom. The van der Waals surface area contributed by atoms with Crippen LogP contribution in [-0.2, 0) is 0 Å². The van der Waals surface area contributed by atoms with Crippen molar-refractivity contribution < 1.29 is 34.0 Å². The average molecular weight is 416 g/mol. The van der Waals surface area contributed by atoms with E-state index in [4.69, 9.17) is 18.9 Å². The van der Waals surface area contributed by atoms with Gasteiger partial charge in [0, 0.05) is 10.4 Å². The predicted octanol–water partition coefficient (Wildman–Crippen LogP) is 4.52. The van der Waals surface area contributed by atoms with Gasteiger partial charge in [-0.25, -0.2) is 4.79 Å². The molecule has 7 nitrogen and oxygen atoms in total. The molecule has 0 aliphatic rings. The van der Waals surface area contributed by atoms with Crippen LogP contribution in [0.4, 0.5) is 0 Å². The van der Waals surface area contributed by atoms with E-state index in [1.807, 2.05) is 0 Å². The minimum absolute atomic E-state index is 0.0380. The summed E-state index contributed by atoms with van der Waals surface area (Å²) in [6.07, 6.45) is 0. The van der Waals surface area contributed by atoms with Gasteiger partial charge in [-0.1, -0.05) is 6.07 Å². The summed E-state index contributed by atoms with van der Waals surface area (Å²) in [5.74, 6) is 0.608. The lowest BCUT2D eigenvalue weighted by atomic mass is 10.0. The first kappa shape index (κ1) is 20.3. The first-order valence-electron chi connectivity index (χ1n) is 8.48. The smallest absolute Gasteiger partial charge is 0.345 e. The van der Waals surface area contributed by atoms with Crippen molar-refractivity contribution in [3.63, 3.8) is 0 Å². The van der Waals surface area contributed by atoms with Gasteiger partial charge in [0.15, 0.2) is 23.0 Å². The highest BCUT2D eigenvalue weighted by Crippen LogP contribution is 2.47. The Morgan fingerprint density at radius 1 is 0.828 bits per heavy atom. The lowest BCUT2D eigenvalue weighted by Gasteiger charge is -2.14. The van der Waals surface area contributed by atoms with Gasteiger partial charge < -0.3 is 29.2 Å². The number of phenols is 1. The number of phenolic OH excluding ortho intramolecular Hbond substituents is 1. The topological polar surface area (TPSA) is 94.5 Å². The Kier molecular flexibility index (Phi) is 5.84. The number of hydrogen-bond acceptors (Lipinski definition) is 7. The minimum atomic E-state index is -1.03. The number of carboxylic acids is 1. The van der Waals surface area contributed by atoms with Crippen molar-refractivity contribution in [1.82, 2.24) is 0 Å². The number of carbonyl (C=O) groups is 1. The van der Waals surface area contributed by atoms with E-state index in [1.165, 1.54) is 34.5 Å². The number of hydrogen-bond donors (Lipinski definition) is 2. The second kappa shape index (κ2) is 8.32. The van der Waals surface area contributed by atoms with E-state index in [-0.39, 0.29) is 10.6 Å². The summed E-state index contributed by atoms with van der Waals surface area (Å²) in [4.78, 5) is 12.5. The van der Waals surface area contributed by atoms with Crippen molar-refractivity contribution in [3.8, 4) is 50.3 Å². The van der Waals surface area contributed by atoms with Crippen molar-refractivity contribution in [2.24, 2.45) is 0 Å². The van der Waals surface area contributed by atoms with Crippen LogP contribution < -0.4 is 18.9 Å². The number of methoxy groups -OCH3 is 4. The maximum atomic E-state index is 11.6. The predicted molar refractivity (Wildman–Crippen MR) is 110 cm³/mol. The van der Waals surface area contributed by atoms with Gasteiger partial charge in [0.25, 0.3) is 0 Å². The highest BCUT2D eigenvalue weighted by Gasteiger charge is 2.21. The Balaban J connectivity index is 2.25. The maximum Gasteiger partial charge on any atom is 0.345 e. The summed E-state index contributed by atoms with van der Waals surface area (Å²) < 4.78 is 21.3. The van der Waals surface area contributed by atoms with Crippen LogP contribution in [0.2, 0.25) is 0 Å². The molecule has 0 bridgehead atoms. The third-order valence-electron chi connectivity index (χ3n) is 4.36. The second-order valence-electron chi connectivity index (χ2n) is 5.96. The molecule has 0 radical (unpaired) electrons. The molecule has 0 spiro atoms. The number of carboxylic acid groups (broad SMARTS) is 1. The van der Waals surface area contributed by atoms with Crippen LogP contribution in [0, 0.1) is 0 Å². The largest absolute Gasteiger partial charge is 0.504 e. The van der Waals surface area contributed by atoms with E-state index < -0.39 is 5.97 Å². The molecule has 29 heavy (non-hydrogen) atoms. The summed E-state index contributed by atoms with van der Waals surface area (Å²) in [5.41, 5.74) is 2.00. The molecule has 2 N–H and O–H groups in total. The summed E-state index contributed by atoms with van der Waals surface area (Å²) in [6, 6.07) is 10.0. The van der Waals surface area contributed by atoms with Gasteiger partial charge in [0.1, 0.15) is 4.88 Å². The SMILES string of the molecule is COc1ccc(-c2cc(C(=O)O)sc2-c2cc(OC)c(OC)c(OC)c2)cc1O. The van der Waals surface area contributed by atoms with Crippen LogP contribution in [0.15, 0.2) is 36.4 Å². The van der Waals surface area contributed by atoms with Crippen molar-refractivity contribution in [3.05, 3.63) is 41.3 Å². The highest BCUT2D eigenvalue weighted by molar-refractivity contribution is 7.18. The zero-order valence-electron chi connectivity index (χ0n) is 16.3. The number of ether oxygens (including phenoxy) is 4. The molecule has 0 saturated carbocycles. The molecule has 0 unspecified atom stereocenters. The standard InChI is InChI=1S/C21H20O7S/c1-25-15-6-5-11(7-14(15)22)13-10-18(21(23)24)29-20(13)12-8-16(26-2)19(28-4)17(9-12)27-3/h5-10,22H,1-4H3,(H,23,24). The number of benzene rings is 2. The van der Waals surface area contributed by atoms with Gasteiger partial charge >= 0.3 is 5.97 Å². The van der Waals surface area contributed by atoms with Crippen molar-refractivity contribution >= 4 is 17.3 Å². The normalized spacial score (nSPS) is 10.5. The van der Waals surface area contributed by atoms with E-state index in [9.17, 15) is 15.0 Å². The summed E-state index contributed by atoms with van der Waals surface area (Å²) in [7, 11) is 6.00. The first-order chi connectivity index (χ1) is 13.9. The number of aromatic carboxylic acids is 1. The molecule has 0 atom stereocenters. The Labute approximate surface area is 171 Å². The zero-order chi connectivity index (χ0) is 21.1. The van der Waals surface area contributed by atoms with Gasteiger partial charge in [0.05, 0.1) is 28.4 Å². The van der Waals surface area contributed by atoms with E-state index >= 15 is 0 Å². The van der Waals surface area contributed by atoms with Crippen molar-refractivity contribution in [2.45, 2.75) is 0 Å². The third-order valence-corrected chi connectivity index (χ3v) is 5.53. The van der Waals surface area contributed by atoms with Gasteiger partial charge in [0.2, 0.25) is 5.75 Å². The van der Waals surface area contributed by atoms with Crippen molar-refractivity contribution in [2.75, 3.05) is 28.4 Å². The number of aromatic hydroxyl groups is 1. The van der Waals surface area contributed by atoms with Crippen LogP contribution >= 0.6 is 11.3 Å². The Bertz CT molecular complexity index is 1030. The van der Waals surface area contributed by atoms with E-state index in [2.05, 4.69) is 0 Å². The third kappa shape index (κ3) is 3.79. The maximum absolute atomic E-state index is 11.6. The number of thiophene rings is 1. The minimum Gasteiger partial charge on any atom is -0.504 e. The number of rotatable bonds is 7. The van der Waals surface area contributed by atoms with Gasteiger partial charge in [-0.3, -0.25) is 0 Å². The molecule has 3 aromatic rings. The molecule has 1 aromatic heterocycles. The molecule has 0 fully saturated rings. The highest BCUT2D eigenvalue weighted by atomic mass is 32.1. The molecule has 1 heterocycles. The van der Waals surface area contributed by atoms with Crippen LogP contribution in [0.5, 0.6) is 28.7 Å². The lowest BCUT2D eigenvalue weighted by molar-refractivity contribution is 0.0702. The summed E-state index contributed by atoms with van der Waals surface area (Å²) >= 11 is 1.12. The zero-order valence-corrected chi connectivity index (χ0v) is 17.1. The molecule has 0 amide bonds. The molecule has 0 saturated heterocycles. The Morgan fingerprint density at radius 2 is 1.45 bits per heavy atom. The summed E-state index contributed by atoms with van der Waals surface area (Å²) in [5, 5.41) is 19.7. The van der Waals surface area contributed by atoms with Crippen molar-refractivity contribution in [1.29, 1.82) is 0 Å². The van der Waals surface area contributed by atoms with E-state index in [1.54, 1.807) is 30.3 Å². The average Bonchev–Trinajstić information content (AvgIpc) is 3.18. The van der Waals surface area contributed by atoms with E-state index in [0.29, 0.717) is 44.6 Å². The molecular weight excluding hydrogens is 396 g/mol. The Hall–Kier alpha value is -3.39. The molecule has 8 heteroatoms. The summed E-state index contributed by atoms with van der Waals surface area (Å²) in [6.45, 7) is 0. The quantitative estimate of drug-likeness (QED) is 0.585. The fourth-order valence-electron chi connectivity index (χ4n) is 2.99. The van der Waals surface area contributed by atoms with Crippen LogP contribution in [0.1, 0.15) is 9.67 Å². The molecule has 3 rings (SSSR count). The monoisotopic (exact) mass is 416 g/mol. The molecule has 152 valence electrons. The van der Waals surface area contributed by atoms with Gasteiger partial charge in [-0.05, 0) is 41.5 Å². The van der Waals surface area contributed by atoms with E-state index in [0.717, 1.165) is 11.3 Å². The first-order valence-corrected chi connectivity index (χ1v) is 9.30.